The van der Waals surface area contributed by atoms with E-state index in [4.69, 9.17) is 16.3 Å². The number of aldehydes is 1. The molecule has 164 valence electrons. The Balaban J connectivity index is 1.53. The Hall–Kier alpha value is -2.08. The van der Waals surface area contributed by atoms with Gasteiger partial charge in [0.15, 0.2) is 0 Å². The number of hydrogen-bond acceptors (Lipinski definition) is 7. The molecule has 0 aliphatic carbocycles. The van der Waals surface area contributed by atoms with Gasteiger partial charge < -0.3 is 14.5 Å². The quantitative estimate of drug-likeness (QED) is 0.522. The van der Waals surface area contributed by atoms with Crippen molar-refractivity contribution in [1.29, 1.82) is 0 Å². The fourth-order valence-electron chi connectivity index (χ4n) is 3.71. The number of ether oxygens (including phenoxy) is 1. The van der Waals surface area contributed by atoms with Crippen molar-refractivity contribution in [1.82, 2.24) is 19.2 Å². The summed E-state index contributed by atoms with van der Waals surface area (Å²) in [4.78, 5) is 22.0. The highest BCUT2D eigenvalue weighted by atomic mass is 35.5. The van der Waals surface area contributed by atoms with E-state index >= 15 is 0 Å². The summed E-state index contributed by atoms with van der Waals surface area (Å²) in [5, 5.41) is 2.10. The number of methoxy groups -OCH3 is 1. The predicted octanol–water partition coefficient (Wildman–Crippen LogP) is 2.94. The van der Waals surface area contributed by atoms with Crippen LogP contribution < -0.4 is 0 Å². The number of pyridine rings is 1. The highest BCUT2D eigenvalue weighted by Crippen LogP contribution is 2.26. The zero-order valence-electron chi connectivity index (χ0n) is 16.6. The third-order valence-electron chi connectivity index (χ3n) is 5.16. The Morgan fingerprint density at radius 1 is 1.35 bits per heavy atom. The number of aromatic amines is 1. The highest BCUT2D eigenvalue weighted by molar-refractivity contribution is 7.92. The fraction of sp³-hybridized carbons (Fsp3) is 0.300. The molecular weight excluding hydrogens is 460 g/mol. The summed E-state index contributed by atoms with van der Waals surface area (Å²) in [7, 11) is -2.40. The summed E-state index contributed by atoms with van der Waals surface area (Å²) < 4.78 is 33.2. The van der Waals surface area contributed by atoms with E-state index in [9.17, 15) is 13.2 Å². The molecule has 8 nitrogen and oxygen atoms in total. The number of aromatic nitrogens is 2. The summed E-state index contributed by atoms with van der Waals surface area (Å²) >= 11 is 7.19. The van der Waals surface area contributed by atoms with Gasteiger partial charge in [-0.3, -0.25) is 9.88 Å². The molecule has 3 aromatic heterocycles. The number of halogens is 1. The topological polar surface area (TPSA) is 95.6 Å². The van der Waals surface area contributed by atoms with Gasteiger partial charge in [-0.2, -0.15) is 4.31 Å². The first-order chi connectivity index (χ1) is 14.9. The Morgan fingerprint density at radius 3 is 2.87 bits per heavy atom. The molecule has 1 fully saturated rings. The number of carbonyl (C=O) groups excluding carboxylic acids is 1. The molecule has 1 aliphatic rings. The number of sulfonamides is 1. The minimum atomic E-state index is -3.80. The molecule has 0 spiro atoms. The van der Waals surface area contributed by atoms with E-state index in [1.807, 2.05) is 17.0 Å². The lowest BCUT2D eigenvalue weighted by Crippen LogP contribution is -2.61. The molecule has 1 aliphatic heterocycles. The summed E-state index contributed by atoms with van der Waals surface area (Å²) in [6.45, 7) is 1.03. The van der Waals surface area contributed by atoms with Crippen LogP contribution >= 0.6 is 22.9 Å². The maximum Gasteiger partial charge on any atom is 0.238 e. The van der Waals surface area contributed by atoms with Crippen molar-refractivity contribution in [3.05, 3.63) is 57.0 Å². The number of fused-ring (bicyclic) bond motifs is 1. The monoisotopic (exact) mass is 480 g/mol. The second-order valence-electron chi connectivity index (χ2n) is 7.08. The van der Waals surface area contributed by atoms with Crippen LogP contribution in [0.1, 0.15) is 10.6 Å². The van der Waals surface area contributed by atoms with Crippen LogP contribution in [0, 0.1) is 0 Å². The average Bonchev–Trinajstić information content (AvgIpc) is 3.36. The molecule has 0 radical (unpaired) electrons. The van der Waals surface area contributed by atoms with E-state index in [2.05, 4.69) is 9.97 Å². The van der Waals surface area contributed by atoms with Crippen molar-refractivity contribution < 1.29 is 17.9 Å². The molecule has 0 bridgehead atoms. The van der Waals surface area contributed by atoms with Crippen LogP contribution in [-0.4, -0.2) is 66.3 Å². The Morgan fingerprint density at radius 2 is 2.19 bits per heavy atom. The normalized spacial score (nSPS) is 21.2. The summed E-state index contributed by atoms with van der Waals surface area (Å²) in [6, 6.07) is 6.56. The van der Waals surface area contributed by atoms with Crippen LogP contribution in [0.3, 0.4) is 0 Å². The number of carbonyl (C=O) groups is 1. The molecule has 0 aromatic carbocycles. The van der Waals surface area contributed by atoms with Crippen molar-refractivity contribution in [2.45, 2.75) is 18.8 Å². The minimum absolute atomic E-state index is 0.197. The van der Waals surface area contributed by atoms with Crippen molar-refractivity contribution in [3.8, 4) is 0 Å². The zero-order valence-corrected chi connectivity index (χ0v) is 19.0. The number of nitrogens with zero attached hydrogens (tertiary/aromatic N) is 3. The molecule has 31 heavy (non-hydrogen) atoms. The third-order valence-corrected chi connectivity index (χ3v) is 7.88. The Kier molecular flexibility index (Phi) is 6.56. The van der Waals surface area contributed by atoms with Crippen molar-refractivity contribution in [3.63, 3.8) is 0 Å². The van der Waals surface area contributed by atoms with E-state index in [1.165, 1.54) is 28.8 Å². The van der Waals surface area contributed by atoms with E-state index in [0.29, 0.717) is 17.4 Å². The van der Waals surface area contributed by atoms with Gasteiger partial charge in [-0.05, 0) is 30.3 Å². The summed E-state index contributed by atoms with van der Waals surface area (Å²) in [6.07, 6.45) is 4.78. The maximum absolute atomic E-state index is 13.0. The SMILES string of the molecule is CO[C@H]1C(C=O)N(Cc2cc3cnccc3[nH]2)CCN1S(=O)(=O)C=Cc1ccc(Cl)s1. The first-order valence-electron chi connectivity index (χ1n) is 9.50. The maximum atomic E-state index is 13.0. The first kappa shape index (κ1) is 22.1. The van der Waals surface area contributed by atoms with Crippen LogP contribution in [0.2, 0.25) is 4.34 Å². The van der Waals surface area contributed by atoms with Crippen molar-refractivity contribution in [2.75, 3.05) is 20.2 Å². The van der Waals surface area contributed by atoms with Gasteiger partial charge in [0, 0.05) is 66.0 Å². The average molecular weight is 481 g/mol. The van der Waals surface area contributed by atoms with Gasteiger partial charge in [0.1, 0.15) is 18.6 Å². The standard InChI is InChI=1S/C20H21ClN4O4S2/c1-29-20-18(13-26)24(12-15-10-14-11-22-6-4-17(14)23-15)7-8-25(20)31(27,28)9-5-16-2-3-19(21)30-16/h2-6,9-11,13,18,20,23H,7-8,12H2,1H3/t18?,20-/m0/s1. The van der Waals surface area contributed by atoms with Gasteiger partial charge in [0.2, 0.25) is 10.0 Å². The largest absolute Gasteiger partial charge is 0.363 e. The second-order valence-corrected chi connectivity index (χ2v) is 10.6. The van der Waals surface area contributed by atoms with E-state index in [1.54, 1.807) is 24.5 Å². The Labute approximate surface area is 189 Å². The van der Waals surface area contributed by atoms with Gasteiger partial charge in [-0.15, -0.1) is 11.3 Å². The molecule has 3 aromatic rings. The second kappa shape index (κ2) is 9.19. The van der Waals surface area contributed by atoms with Gasteiger partial charge >= 0.3 is 0 Å². The number of rotatable bonds is 7. The predicted molar refractivity (Wildman–Crippen MR) is 121 cm³/mol. The molecule has 0 amide bonds. The van der Waals surface area contributed by atoms with Crippen LogP contribution in [0.4, 0.5) is 0 Å². The van der Waals surface area contributed by atoms with Gasteiger partial charge in [0.05, 0.1) is 4.34 Å². The highest BCUT2D eigenvalue weighted by Gasteiger charge is 2.41. The number of nitrogens with one attached hydrogen (secondary N) is 1. The molecular formula is C20H21ClN4O4S2. The third kappa shape index (κ3) is 4.74. The number of H-pyrrole nitrogens is 1. The molecule has 1 saturated heterocycles. The molecule has 11 heteroatoms. The van der Waals surface area contributed by atoms with Crippen LogP contribution in [0.25, 0.3) is 17.0 Å². The summed E-state index contributed by atoms with van der Waals surface area (Å²) in [5.74, 6) is 0. The van der Waals surface area contributed by atoms with Crippen molar-refractivity contribution >= 4 is 56.2 Å². The van der Waals surface area contributed by atoms with E-state index in [0.717, 1.165) is 33.2 Å². The van der Waals surface area contributed by atoms with Crippen LogP contribution in [0.15, 0.2) is 42.1 Å². The molecule has 4 rings (SSSR count). The minimum Gasteiger partial charge on any atom is -0.363 e. The number of hydrogen-bond donors (Lipinski definition) is 1. The van der Waals surface area contributed by atoms with Gasteiger partial charge in [-0.1, -0.05) is 11.6 Å². The fourth-order valence-corrected chi connectivity index (χ4v) is 6.07. The molecule has 0 saturated carbocycles. The lowest BCUT2D eigenvalue weighted by atomic mass is 10.1. The van der Waals surface area contributed by atoms with Crippen molar-refractivity contribution in [2.24, 2.45) is 0 Å². The molecule has 2 atom stereocenters. The first-order valence-corrected chi connectivity index (χ1v) is 12.2. The van der Waals surface area contributed by atoms with Gasteiger partial charge in [-0.25, -0.2) is 8.42 Å². The zero-order chi connectivity index (χ0) is 22.0. The summed E-state index contributed by atoms with van der Waals surface area (Å²) in [5.41, 5.74) is 1.87. The van der Waals surface area contributed by atoms with Gasteiger partial charge in [0.25, 0.3) is 0 Å². The smallest absolute Gasteiger partial charge is 0.238 e. The molecule has 1 unspecified atom stereocenters. The number of piperazine rings is 1. The number of thiophene rings is 1. The lowest BCUT2D eigenvalue weighted by molar-refractivity contribution is -0.129. The molecule has 4 heterocycles. The van der Waals surface area contributed by atoms with E-state index < -0.39 is 22.3 Å². The molecule has 1 N–H and O–H groups in total. The lowest BCUT2D eigenvalue weighted by Gasteiger charge is -2.43. The van der Waals surface area contributed by atoms with E-state index in [-0.39, 0.29) is 6.54 Å². The van der Waals surface area contributed by atoms with Crippen LogP contribution in [-0.2, 0) is 26.1 Å². The van der Waals surface area contributed by atoms with Crippen LogP contribution in [0.5, 0.6) is 0 Å². The Bertz CT molecular complexity index is 1170.